The monoisotopic (exact) mass is 432 g/mol. The molecule has 0 spiro atoms. The number of nitrogens with zero attached hydrogens (tertiary/aromatic N) is 3. The fourth-order valence-electron chi connectivity index (χ4n) is 2.80. The first-order valence-corrected chi connectivity index (χ1v) is 11.4. The predicted molar refractivity (Wildman–Crippen MR) is 107 cm³/mol. The van der Waals surface area contributed by atoms with Crippen molar-refractivity contribution < 1.29 is 22.7 Å². The number of likely N-dealkylation sites (N-methyl/N-ethyl adjacent to an activating group) is 1. The van der Waals surface area contributed by atoms with E-state index in [-0.39, 0.29) is 22.6 Å². The Hall–Kier alpha value is -1.53. The number of rotatable bonds is 10. The Morgan fingerprint density at radius 3 is 2.61 bits per heavy atom. The lowest BCUT2D eigenvalue weighted by molar-refractivity contribution is -0.133. The van der Waals surface area contributed by atoms with E-state index in [1.54, 1.807) is 23.5 Å². The molecule has 0 atom stereocenters. The van der Waals surface area contributed by atoms with Gasteiger partial charge in [-0.3, -0.25) is 14.5 Å². The molecule has 9 nitrogen and oxygen atoms in total. The van der Waals surface area contributed by atoms with Gasteiger partial charge in [-0.15, -0.1) is 11.3 Å². The number of carbonyl (C=O) groups is 2. The molecule has 0 radical (unpaired) electrons. The lowest BCUT2D eigenvalue weighted by Crippen LogP contribution is -2.53. The van der Waals surface area contributed by atoms with E-state index in [1.807, 2.05) is 4.90 Å². The Kier molecular flexibility index (Phi) is 8.83. The average Bonchev–Trinajstić information content (AvgIpc) is 3.21. The predicted octanol–water partition coefficient (Wildman–Crippen LogP) is -0.334. The fraction of sp³-hybridized carbons (Fsp3) is 0.647. The second-order valence-electron chi connectivity index (χ2n) is 6.55. The van der Waals surface area contributed by atoms with Crippen molar-refractivity contribution in [2.45, 2.75) is 10.6 Å². The maximum absolute atomic E-state index is 12.5. The SMILES string of the molecule is COCCCNC(=O)CN1CCN(C(=O)CN(C)S(=O)(=O)c2cccs2)CC1. The lowest BCUT2D eigenvalue weighted by atomic mass is 10.3. The van der Waals surface area contributed by atoms with Crippen LogP contribution in [0.4, 0.5) is 0 Å². The van der Waals surface area contributed by atoms with Gasteiger partial charge in [0.25, 0.3) is 10.0 Å². The molecule has 1 N–H and O–H groups in total. The molecule has 2 amide bonds. The third kappa shape index (κ3) is 6.52. The van der Waals surface area contributed by atoms with Crippen molar-refractivity contribution in [3.63, 3.8) is 0 Å². The zero-order chi connectivity index (χ0) is 20.6. The number of sulfonamides is 1. The Labute approximate surface area is 170 Å². The van der Waals surface area contributed by atoms with E-state index in [1.165, 1.54) is 13.1 Å². The van der Waals surface area contributed by atoms with Gasteiger partial charge < -0.3 is 15.0 Å². The first-order chi connectivity index (χ1) is 13.3. The molecule has 1 aliphatic rings. The van der Waals surface area contributed by atoms with Crippen LogP contribution in [0.15, 0.2) is 21.7 Å². The third-order valence-electron chi connectivity index (χ3n) is 4.46. The molecule has 0 bridgehead atoms. The van der Waals surface area contributed by atoms with Gasteiger partial charge in [-0.1, -0.05) is 6.07 Å². The zero-order valence-corrected chi connectivity index (χ0v) is 17.9. The standard InChI is InChI=1S/C17H28N4O5S2/c1-19(28(24,25)17-5-3-12-27-17)14-16(23)21-9-7-20(8-10-21)13-15(22)18-6-4-11-26-2/h3,5,12H,4,6-11,13-14H2,1-2H3,(H,18,22). The molecule has 1 saturated heterocycles. The molecule has 28 heavy (non-hydrogen) atoms. The van der Waals surface area contributed by atoms with Gasteiger partial charge in [-0.25, -0.2) is 8.42 Å². The topological polar surface area (TPSA) is 99.3 Å². The molecule has 1 aromatic heterocycles. The van der Waals surface area contributed by atoms with E-state index >= 15 is 0 Å². The molecular formula is C17H28N4O5S2. The Bertz CT molecular complexity index is 731. The molecule has 1 fully saturated rings. The van der Waals surface area contributed by atoms with Crippen LogP contribution in [0.5, 0.6) is 0 Å². The summed E-state index contributed by atoms with van der Waals surface area (Å²) in [6, 6.07) is 3.19. The summed E-state index contributed by atoms with van der Waals surface area (Å²) in [5.41, 5.74) is 0. The fourth-order valence-corrected chi connectivity index (χ4v) is 5.12. The van der Waals surface area contributed by atoms with E-state index in [0.717, 1.165) is 22.1 Å². The minimum Gasteiger partial charge on any atom is -0.385 e. The van der Waals surface area contributed by atoms with E-state index < -0.39 is 10.0 Å². The summed E-state index contributed by atoms with van der Waals surface area (Å²) in [5, 5.41) is 4.53. The maximum atomic E-state index is 12.5. The molecule has 1 aliphatic heterocycles. The van der Waals surface area contributed by atoms with Gasteiger partial charge in [-0.2, -0.15) is 4.31 Å². The van der Waals surface area contributed by atoms with Gasteiger partial charge >= 0.3 is 0 Å². The van der Waals surface area contributed by atoms with Gasteiger partial charge in [0.05, 0.1) is 13.1 Å². The second kappa shape index (κ2) is 10.9. The molecule has 0 aromatic carbocycles. The molecule has 11 heteroatoms. The average molecular weight is 433 g/mol. The smallest absolute Gasteiger partial charge is 0.252 e. The van der Waals surface area contributed by atoms with Gasteiger partial charge in [-0.05, 0) is 17.9 Å². The molecule has 158 valence electrons. The summed E-state index contributed by atoms with van der Waals surface area (Å²) >= 11 is 1.13. The van der Waals surface area contributed by atoms with Crippen LogP contribution in [-0.2, 0) is 24.3 Å². The number of hydrogen-bond donors (Lipinski definition) is 1. The normalized spacial score (nSPS) is 15.8. The van der Waals surface area contributed by atoms with Crippen LogP contribution in [0.3, 0.4) is 0 Å². The van der Waals surface area contributed by atoms with Crippen molar-refractivity contribution >= 4 is 33.2 Å². The van der Waals surface area contributed by atoms with Crippen molar-refractivity contribution in [2.24, 2.45) is 0 Å². The summed E-state index contributed by atoms with van der Waals surface area (Å²) in [5.74, 6) is -0.274. The molecule has 0 aliphatic carbocycles. The maximum Gasteiger partial charge on any atom is 0.252 e. The Morgan fingerprint density at radius 2 is 2.00 bits per heavy atom. The van der Waals surface area contributed by atoms with Gasteiger partial charge in [0.15, 0.2) is 0 Å². The van der Waals surface area contributed by atoms with Crippen LogP contribution in [0.1, 0.15) is 6.42 Å². The third-order valence-corrected chi connectivity index (χ3v) is 7.63. The summed E-state index contributed by atoms with van der Waals surface area (Å²) in [6.07, 6.45) is 0.770. The first-order valence-electron chi connectivity index (χ1n) is 9.10. The number of thiophene rings is 1. The van der Waals surface area contributed by atoms with Crippen molar-refractivity contribution in [1.82, 2.24) is 19.4 Å². The van der Waals surface area contributed by atoms with Gasteiger partial charge in [0, 0.05) is 53.5 Å². The van der Waals surface area contributed by atoms with Crippen LogP contribution >= 0.6 is 11.3 Å². The van der Waals surface area contributed by atoms with Crippen molar-refractivity contribution in [2.75, 3.05) is 66.6 Å². The van der Waals surface area contributed by atoms with E-state index in [0.29, 0.717) is 45.9 Å². The lowest BCUT2D eigenvalue weighted by Gasteiger charge is -2.35. The number of hydrogen-bond acceptors (Lipinski definition) is 7. The van der Waals surface area contributed by atoms with Crippen molar-refractivity contribution in [1.29, 1.82) is 0 Å². The van der Waals surface area contributed by atoms with Crippen LogP contribution < -0.4 is 5.32 Å². The largest absolute Gasteiger partial charge is 0.385 e. The summed E-state index contributed by atoms with van der Waals surface area (Å²) < 4.78 is 31.1. The second-order valence-corrected chi connectivity index (χ2v) is 9.77. The molecule has 2 heterocycles. The number of carbonyl (C=O) groups excluding carboxylic acids is 2. The summed E-state index contributed by atoms with van der Waals surface area (Å²) in [7, 11) is -0.600. The zero-order valence-electron chi connectivity index (χ0n) is 16.3. The molecular weight excluding hydrogens is 404 g/mol. The quantitative estimate of drug-likeness (QED) is 0.508. The number of methoxy groups -OCH3 is 1. The highest BCUT2D eigenvalue weighted by atomic mass is 32.2. The Balaban J connectivity index is 1.74. The van der Waals surface area contributed by atoms with Crippen LogP contribution in [-0.4, -0.2) is 101 Å². The van der Waals surface area contributed by atoms with Crippen molar-refractivity contribution in [3.05, 3.63) is 17.5 Å². The first kappa shape index (κ1) is 22.8. The van der Waals surface area contributed by atoms with Crippen LogP contribution in [0, 0.1) is 0 Å². The van der Waals surface area contributed by atoms with Gasteiger partial charge in [0.1, 0.15) is 4.21 Å². The Morgan fingerprint density at radius 1 is 1.29 bits per heavy atom. The highest BCUT2D eigenvalue weighted by Crippen LogP contribution is 2.19. The highest BCUT2D eigenvalue weighted by molar-refractivity contribution is 7.91. The van der Waals surface area contributed by atoms with E-state index in [4.69, 9.17) is 4.74 Å². The number of ether oxygens (including phenoxy) is 1. The molecule has 0 unspecified atom stereocenters. The van der Waals surface area contributed by atoms with E-state index in [9.17, 15) is 18.0 Å². The van der Waals surface area contributed by atoms with Crippen LogP contribution in [0.2, 0.25) is 0 Å². The van der Waals surface area contributed by atoms with Gasteiger partial charge in [0.2, 0.25) is 11.8 Å². The molecule has 2 rings (SSSR count). The highest BCUT2D eigenvalue weighted by Gasteiger charge is 2.28. The number of nitrogens with one attached hydrogen (secondary N) is 1. The summed E-state index contributed by atoms with van der Waals surface area (Å²) in [4.78, 5) is 28.0. The number of amides is 2. The molecule has 1 aromatic rings. The summed E-state index contributed by atoms with van der Waals surface area (Å²) in [6.45, 7) is 3.40. The minimum atomic E-state index is -3.64. The number of piperazine rings is 1. The molecule has 0 saturated carbocycles. The van der Waals surface area contributed by atoms with Crippen molar-refractivity contribution in [3.8, 4) is 0 Å². The minimum absolute atomic E-state index is 0.0438. The van der Waals surface area contributed by atoms with Crippen LogP contribution in [0.25, 0.3) is 0 Å². The van der Waals surface area contributed by atoms with E-state index in [2.05, 4.69) is 5.32 Å².